The summed E-state index contributed by atoms with van der Waals surface area (Å²) >= 11 is 8.75. The zero-order valence-electron chi connectivity index (χ0n) is 9.41. The normalized spacial score (nSPS) is 12.6. The SMILES string of the molecule is CC(NCc1ccc(Br)s1)c1cccc(Br)c1. The molecule has 0 radical (unpaired) electrons. The largest absolute Gasteiger partial charge is 0.305 e. The first-order chi connectivity index (χ1) is 8.15. The molecule has 1 heterocycles. The van der Waals surface area contributed by atoms with Gasteiger partial charge in [-0.15, -0.1) is 11.3 Å². The average molecular weight is 375 g/mol. The fraction of sp³-hybridized carbons (Fsp3) is 0.231. The molecule has 17 heavy (non-hydrogen) atoms. The highest BCUT2D eigenvalue weighted by Crippen LogP contribution is 2.23. The summed E-state index contributed by atoms with van der Waals surface area (Å²) in [4.78, 5) is 1.35. The maximum atomic E-state index is 3.52. The van der Waals surface area contributed by atoms with Crippen molar-refractivity contribution >= 4 is 43.2 Å². The number of rotatable bonds is 4. The summed E-state index contributed by atoms with van der Waals surface area (Å²) in [6, 6.07) is 13.0. The third-order valence-electron chi connectivity index (χ3n) is 2.56. The van der Waals surface area contributed by atoms with Crippen LogP contribution in [0.25, 0.3) is 0 Å². The smallest absolute Gasteiger partial charge is 0.0701 e. The summed E-state index contributed by atoms with van der Waals surface area (Å²) in [5, 5.41) is 3.52. The molecule has 0 aliphatic rings. The first kappa shape index (κ1) is 13.3. The lowest BCUT2D eigenvalue weighted by atomic mass is 10.1. The van der Waals surface area contributed by atoms with Gasteiger partial charge in [0.1, 0.15) is 0 Å². The molecule has 1 aromatic carbocycles. The van der Waals surface area contributed by atoms with Gasteiger partial charge >= 0.3 is 0 Å². The number of hydrogen-bond donors (Lipinski definition) is 1. The van der Waals surface area contributed by atoms with Gasteiger partial charge in [0.2, 0.25) is 0 Å². The van der Waals surface area contributed by atoms with E-state index in [0.29, 0.717) is 6.04 Å². The van der Waals surface area contributed by atoms with Gasteiger partial charge in [0, 0.05) is 21.9 Å². The van der Waals surface area contributed by atoms with Gasteiger partial charge in [-0.25, -0.2) is 0 Å². The van der Waals surface area contributed by atoms with Crippen molar-refractivity contribution in [2.75, 3.05) is 0 Å². The van der Waals surface area contributed by atoms with Crippen molar-refractivity contribution in [2.24, 2.45) is 0 Å². The van der Waals surface area contributed by atoms with Crippen molar-refractivity contribution in [1.82, 2.24) is 5.32 Å². The predicted molar refractivity (Wildman–Crippen MR) is 81.4 cm³/mol. The topological polar surface area (TPSA) is 12.0 Å². The predicted octanol–water partition coefficient (Wildman–Crippen LogP) is 5.12. The molecular formula is C13H13Br2NS. The Balaban J connectivity index is 1.95. The number of halogens is 2. The zero-order valence-corrected chi connectivity index (χ0v) is 13.4. The van der Waals surface area contributed by atoms with Crippen LogP contribution in [0.15, 0.2) is 44.7 Å². The van der Waals surface area contributed by atoms with Crippen molar-refractivity contribution < 1.29 is 0 Å². The van der Waals surface area contributed by atoms with Gasteiger partial charge in [-0.3, -0.25) is 0 Å². The highest BCUT2D eigenvalue weighted by molar-refractivity contribution is 9.11. The Morgan fingerprint density at radius 1 is 1.24 bits per heavy atom. The molecule has 2 aromatic rings. The zero-order chi connectivity index (χ0) is 12.3. The average Bonchev–Trinajstić information content (AvgIpc) is 2.72. The number of nitrogens with one attached hydrogen (secondary N) is 1. The Morgan fingerprint density at radius 2 is 2.06 bits per heavy atom. The summed E-state index contributed by atoms with van der Waals surface area (Å²) in [6.07, 6.45) is 0. The molecule has 0 bridgehead atoms. The van der Waals surface area contributed by atoms with Crippen LogP contribution >= 0.6 is 43.2 Å². The second-order valence-corrected chi connectivity index (χ2v) is 7.33. The van der Waals surface area contributed by atoms with Gasteiger partial charge in [-0.05, 0) is 52.7 Å². The molecule has 0 saturated carbocycles. The third-order valence-corrected chi connectivity index (χ3v) is 4.68. The Labute approximate surface area is 123 Å². The first-order valence-corrected chi connectivity index (χ1v) is 7.78. The Kier molecular flexibility index (Phi) is 4.79. The Hall–Kier alpha value is -0.160. The molecule has 1 atom stereocenters. The van der Waals surface area contributed by atoms with Crippen LogP contribution in [0.5, 0.6) is 0 Å². The van der Waals surface area contributed by atoms with Crippen LogP contribution in [0.2, 0.25) is 0 Å². The van der Waals surface area contributed by atoms with Gasteiger partial charge in [-0.2, -0.15) is 0 Å². The molecule has 1 unspecified atom stereocenters. The summed E-state index contributed by atoms with van der Waals surface area (Å²) < 4.78 is 2.31. The molecule has 2 rings (SSSR count). The quantitative estimate of drug-likeness (QED) is 0.782. The Morgan fingerprint density at radius 3 is 2.71 bits per heavy atom. The van der Waals surface area contributed by atoms with Crippen molar-refractivity contribution in [1.29, 1.82) is 0 Å². The maximum Gasteiger partial charge on any atom is 0.0701 e. The molecule has 0 saturated heterocycles. The number of hydrogen-bond acceptors (Lipinski definition) is 2. The lowest BCUT2D eigenvalue weighted by Gasteiger charge is -2.13. The lowest BCUT2D eigenvalue weighted by molar-refractivity contribution is 0.578. The van der Waals surface area contributed by atoms with Crippen molar-refractivity contribution in [2.45, 2.75) is 19.5 Å². The molecule has 1 aromatic heterocycles. The van der Waals surface area contributed by atoms with Gasteiger partial charge in [0.05, 0.1) is 3.79 Å². The summed E-state index contributed by atoms with van der Waals surface area (Å²) in [6.45, 7) is 3.09. The maximum absolute atomic E-state index is 3.52. The fourth-order valence-electron chi connectivity index (χ4n) is 1.59. The second-order valence-electron chi connectivity index (χ2n) is 3.86. The summed E-state index contributed by atoms with van der Waals surface area (Å²) in [5.74, 6) is 0. The van der Waals surface area contributed by atoms with E-state index in [0.717, 1.165) is 11.0 Å². The minimum Gasteiger partial charge on any atom is -0.305 e. The number of thiophene rings is 1. The fourth-order valence-corrected chi connectivity index (χ4v) is 3.45. The van der Waals surface area contributed by atoms with Crippen LogP contribution in [0.1, 0.15) is 23.4 Å². The second kappa shape index (κ2) is 6.14. The van der Waals surface area contributed by atoms with Crippen LogP contribution in [0.3, 0.4) is 0 Å². The molecule has 90 valence electrons. The molecule has 0 aliphatic carbocycles. The monoisotopic (exact) mass is 373 g/mol. The molecule has 0 spiro atoms. The van der Waals surface area contributed by atoms with E-state index in [1.807, 2.05) is 6.07 Å². The van der Waals surface area contributed by atoms with E-state index in [4.69, 9.17) is 0 Å². The summed E-state index contributed by atoms with van der Waals surface area (Å²) in [5.41, 5.74) is 1.30. The molecule has 1 N–H and O–H groups in total. The Bertz CT molecular complexity index is 496. The van der Waals surface area contributed by atoms with E-state index in [1.165, 1.54) is 14.2 Å². The van der Waals surface area contributed by atoms with Crippen molar-refractivity contribution in [3.8, 4) is 0 Å². The molecular weight excluding hydrogens is 362 g/mol. The number of benzene rings is 1. The van der Waals surface area contributed by atoms with E-state index in [-0.39, 0.29) is 0 Å². The molecule has 1 nitrogen and oxygen atoms in total. The van der Waals surface area contributed by atoms with Crippen molar-refractivity contribution in [3.05, 3.63) is 55.1 Å². The van der Waals surface area contributed by atoms with Gasteiger partial charge < -0.3 is 5.32 Å². The van der Waals surface area contributed by atoms with Crippen molar-refractivity contribution in [3.63, 3.8) is 0 Å². The van der Waals surface area contributed by atoms with Crippen LogP contribution < -0.4 is 5.32 Å². The van der Waals surface area contributed by atoms with E-state index in [9.17, 15) is 0 Å². The first-order valence-electron chi connectivity index (χ1n) is 5.38. The molecule has 0 aliphatic heterocycles. The van der Waals surface area contributed by atoms with Gasteiger partial charge in [0.25, 0.3) is 0 Å². The van der Waals surface area contributed by atoms with E-state index in [1.54, 1.807) is 11.3 Å². The standard InChI is InChI=1S/C13H13Br2NS/c1-9(10-3-2-4-11(14)7-10)16-8-12-5-6-13(15)17-12/h2-7,9,16H,8H2,1H3. The van der Waals surface area contributed by atoms with Gasteiger partial charge in [-0.1, -0.05) is 28.1 Å². The highest BCUT2D eigenvalue weighted by atomic mass is 79.9. The minimum absolute atomic E-state index is 0.355. The molecule has 0 amide bonds. The lowest BCUT2D eigenvalue weighted by Crippen LogP contribution is -2.17. The van der Waals surface area contributed by atoms with Crippen LogP contribution in [0, 0.1) is 0 Å². The van der Waals surface area contributed by atoms with Gasteiger partial charge in [0.15, 0.2) is 0 Å². The van der Waals surface area contributed by atoms with Crippen LogP contribution in [0.4, 0.5) is 0 Å². The minimum atomic E-state index is 0.355. The summed E-state index contributed by atoms with van der Waals surface area (Å²) in [7, 11) is 0. The molecule has 0 fully saturated rings. The van der Waals surface area contributed by atoms with Crippen LogP contribution in [-0.2, 0) is 6.54 Å². The van der Waals surface area contributed by atoms with E-state index < -0.39 is 0 Å². The highest BCUT2D eigenvalue weighted by Gasteiger charge is 2.05. The van der Waals surface area contributed by atoms with E-state index >= 15 is 0 Å². The third kappa shape index (κ3) is 3.91. The molecule has 4 heteroatoms. The van der Waals surface area contributed by atoms with E-state index in [2.05, 4.69) is 74.4 Å². The van der Waals surface area contributed by atoms with Crippen LogP contribution in [-0.4, -0.2) is 0 Å².